The summed E-state index contributed by atoms with van der Waals surface area (Å²) in [4.78, 5) is 55.6. The van der Waals surface area contributed by atoms with Gasteiger partial charge in [-0.3, -0.25) is 19.2 Å². The first-order chi connectivity index (χ1) is 23.2. The average Bonchev–Trinajstić information content (AvgIpc) is 2.97. The first-order valence-corrected chi connectivity index (χ1v) is 19.8. The second-order valence-electron chi connectivity index (χ2n) is 20.3. The van der Waals surface area contributed by atoms with Crippen molar-refractivity contribution in [3.05, 3.63) is 0 Å². The van der Waals surface area contributed by atoms with E-state index in [1.54, 1.807) is 13.8 Å². The van der Waals surface area contributed by atoms with Gasteiger partial charge >= 0.3 is 23.9 Å². The van der Waals surface area contributed by atoms with Crippen LogP contribution in [0.5, 0.6) is 0 Å². The van der Waals surface area contributed by atoms with Gasteiger partial charge in [-0.25, -0.2) is 0 Å². The van der Waals surface area contributed by atoms with Gasteiger partial charge in [0.1, 0.15) is 16.8 Å². The summed E-state index contributed by atoms with van der Waals surface area (Å²) < 4.78 is 24.5. The zero-order valence-corrected chi connectivity index (χ0v) is 31.7. The number of carbonyl (C=O) groups excluding carboxylic acids is 4. The normalized spacial score (nSPS) is 43.8. The van der Waals surface area contributed by atoms with Gasteiger partial charge < -0.3 is 24.1 Å². The van der Waals surface area contributed by atoms with Crippen molar-refractivity contribution in [2.45, 2.75) is 174 Å². The van der Waals surface area contributed by atoms with Crippen molar-refractivity contribution in [2.24, 2.45) is 51.8 Å². The molecule has 0 spiro atoms. The summed E-state index contributed by atoms with van der Waals surface area (Å²) in [6.07, 6.45) is 11.4. The van der Waals surface area contributed by atoms with Crippen LogP contribution in [-0.2, 0) is 38.1 Å². The van der Waals surface area contributed by atoms with Gasteiger partial charge in [0, 0.05) is 12.8 Å². The molecule has 1 N–H and O–H groups in total. The quantitative estimate of drug-likeness (QED) is 0.176. The molecule has 1 heterocycles. The Labute approximate surface area is 298 Å². The molecule has 0 amide bonds. The zero-order valence-electron chi connectivity index (χ0n) is 31.7. The van der Waals surface area contributed by atoms with Crippen LogP contribution in [-0.4, -0.2) is 58.0 Å². The van der Waals surface area contributed by atoms with E-state index in [2.05, 4.69) is 6.92 Å². The molecule has 9 fully saturated rings. The largest absolute Gasteiger partial charge is 0.465 e. The number of cyclic esters (lactones) is 1. The lowest BCUT2D eigenvalue weighted by Gasteiger charge is -2.59. The molecule has 9 rings (SSSR count). The lowest BCUT2D eigenvalue weighted by molar-refractivity contribution is -0.226. The van der Waals surface area contributed by atoms with Crippen molar-refractivity contribution >= 4 is 23.9 Å². The minimum absolute atomic E-state index is 0.0514. The van der Waals surface area contributed by atoms with Crippen LogP contribution in [0.15, 0.2) is 0 Å². The molecule has 5 unspecified atom stereocenters. The van der Waals surface area contributed by atoms with E-state index in [9.17, 15) is 24.3 Å². The van der Waals surface area contributed by atoms with Gasteiger partial charge in [0.2, 0.25) is 0 Å². The molecule has 5 atom stereocenters. The first-order valence-electron chi connectivity index (χ1n) is 19.8. The number of aliphatic hydroxyl groups is 1. The van der Waals surface area contributed by atoms with Gasteiger partial charge in [-0.1, -0.05) is 6.92 Å². The molecule has 9 heteroatoms. The molecule has 0 aromatic rings. The highest BCUT2D eigenvalue weighted by atomic mass is 16.6. The Kier molecular flexibility index (Phi) is 8.64. The van der Waals surface area contributed by atoms with Crippen molar-refractivity contribution in [2.75, 3.05) is 6.61 Å². The Morgan fingerprint density at radius 3 is 1.86 bits per heavy atom. The summed E-state index contributed by atoms with van der Waals surface area (Å²) in [5.74, 6) is 1.28. The van der Waals surface area contributed by atoms with Gasteiger partial charge in [-0.05, 0) is 161 Å². The Morgan fingerprint density at radius 2 is 1.32 bits per heavy atom. The van der Waals surface area contributed by atoms with E-state index in [1.807, 2.05) is 27.7 Å². The summed E-state index contributed by atoms with van der Waals surface area (Å²) in [7, 11) is 0. The fraction of sp³-hybridized carbons (Fsp3) is 0.902. The summed E-state index contributed by atoms with van der Waals surface area (Å²) in [6, 6.07) is 0. The number of hydrogen-bond donors (Lipinski definition) is 1. The van der Waals surface area contributed by atoms with Crippen molar-refractivity contribution in [3.63, 3.8) is 0 Å². The zero-order chi connectivity index (χ0) is 36.1. The fourth-order valence-corrected chi connectivity index (χ4v) is 12.9. The smallest absolute Gasteiger partial charge is 0.312 e. The number of carbonyl (C=O) groups is 4. The predicted octanol–water partition coefficient (Wildman–Crippen LogP) is 7.24. The highest BCUT2D eigenvalue weighted by molar-refractivity contribution is 5.83. The lowest BCUT2D eigenvalue weighted by atomic mass is 9.50. The van der Waals surface area contributed by atoms with Crippen LogP contribution in [0.1, 0.15) is 151 Å². The van der Waals surface area contributed by atoms with E-state index in [1.165, 1.54) is 6.42 Å². The Bertz CT molecular complexity index is 1370. The number of rotatable bonds is 11. The van der Waals surface area contributed by atoms with Gasteiger partial charge in [0.25, 0.3) is 0 Å². The van der Waals surface area contributed by atoms with Crippen LogP contribution in [0.4, 0.5) is 0 Å². The molecule has 1 saturated heterocycles. The Balaban J connectivity index is 1.13. The highest BCUT2D eigenvalue weighted by Gasteiger charge is 2.62. The molecule has 0 radical (unpaired) electrons. The number of ether oxygens (including phenoxy) is 4. The molecule has 9 aliphatic rings. The molecule has 8 aliphatic carbocycles. The van der Waals surface area contributed by atoms with E-state index < -0.39 is 56.6 Å². The molecule has 280 valence electrons. The summed E-state index contributed by atoms with van der Waals surface area (Å²) in [5.41, 5.74) is -6.46. The van der Waals surface area contributed by atoms with E-state index in [-0.39, 0.29) is 31.8 Å². The van der Waals surface area contributed by atoms with Crippen LogP contribution < -0.4 is 0 Å². The lowest BCUT2D eigenvalue weighted by Crippen LogP contribution is -2.61. The van der Waals surface area contributed by atoms with Gasteiger partial charge in [-0.15, -0.1) is 0 Å². The summed E-state index contributed by atoms with van der Waals surface area (Å²) in [6.45, 7) is 13.3. The number of hydrogen-bond acceptors (Lipinski definition) is 9. The Hall–Kier alpha value is -2.16. The Morgan fingerprint density at radius 1 is 0.760 bits per heavy atom. The maximum absolute atomic E-state index is 14.6. The topological polar surface area (TPSA) is 125 Å². The standard InChI is InChI=1S/C41H62O9/c1-8-36(4,33(44)49-39(7)29-13-25-11-26(15-29)16-30(39)14-25)23-37(5,34(45)48-38(6)9-10-47-31(42)21-38)22-35(2,3)32(43)50-41-19-27-12-28(20-41)18-40(46,17-27)24-41/h25-30,46H,8-24H2,1-7H3. The molecular formula is C41H62O9. The van der Waals surface area contributed by atoms with Gasteiger partial charge in [-0.2, -0.15) is 0 Å². The van der Waals surface area contributed by atoms with Crippen LogP contribution >= 0.6 is 0 Å². The molecule has 0 aromatic heterocycles. The second-order valence-corrected chi connectivity index (χ2v) is 20.3. The molecule has 50 heavy (non-hydrogen) atoms. The van der Waals surface area contributed by atoms with Crippen LogP contribution in [0, 0.1) is 51.8 Å². The minimum Gasteiger partial charge on any atom is -0.465 e. The molecule has 9 nitrogen and oxygen atoms in total. The van der Waals surface area contributed by atoms with Gasteiger partial charge in [0.05, 0.1) is 34.9 Å². The van der Waals surface area contributed by atoms with Crippen LogP contribution in [0.3, 0.4) is 0 Å². The predicted molar refractivity (Wildman–Crippen MR) is 184 cm³/mol. The molecule has 1 aliphatic heterocycles. The molecular weight excluding hydrogens is 636 g/mol. The third-order valence-corrected chi connectivity index (χ3v) is 15.0. The van der Waals surface area contributed by atoms with E-state index >= 15 is 0 Å². The molecule has 8 bridgehead atoms. The van der Waals surface area contributed by atoms with Crippen LogP contribution in [0.25, 0.3) is 0 Å². The average molecular weight is 699 g/mol. The SMILES string of the molecule is CCC(C)(CC(C)(CC(C)(C)C(=O)OC12CC3CC(CC(O)(C3)C1)C2)C(=O)OC1(C)CCOC(=O)C1)C(=O)OC1(C)C2CC3CC(C2)CC1C3. The molecule has 8 saturated carbocycles. The third-order valence-electron chi connectivity index (χ3n) is 15.0. The second kappa shape index (κ2) is 11.9. The third kappa shape index (κ3) is 6.42. The van der Waals surface area contributed by atoms with Crippen LogP contribution in [0.2, 0.25) is 0 Å². The van der Waals surface area contributed by atoms with E-state index in [0.29, 0.717) is 42.9 Å². The maximum Gasteiger partial charge on any atom is 0.312 e. The van der Waals surface area contributed by atoms with Crippen molar-refractivity contribution < 1.29 is 43.2 Å². The monoisotopic (exact) mass is 698 g/mol. The van der Waals surface area contributed by atoms with E-state index in [0.717, 1.165) is 69.6 Å². The van der Waals surface area contributed by atoms with Crippen molar-refractivity contribution in [3.8, 4) is 0 Å². The number of esters is 4. The minimum atomic E-state index is -1.29. The molecule has 0 aromatic carbocycles. The summed E-state index contributed by atoms with van der Waals surface area (Å²) >= 11 is 0. The van der Waals surface area contributed by atoms with E-state index in [4.69, 9.17) is 18.9 Å². The van der Waals surface area contributed by atoms with Gasteiger partial charge in [0.15, 0.2) is 0 Å². The maximum atomic E-state index is 14.6. The van der Waals surface area contributed by atoms with Crippen molar-refractivity contribution in [1.29, 1.82) is 0 Å². The first kappa shape index (κ1) is 36.2. The fourth-order valence-electron chi connectivity index (χ4n) is 12.9. The van der Waals surface area contributed by atoms with Crippen molar-refractivity contribution in [1.82, 2.24) is 0 Å². The highest BCUT2D eigenvalue weighted by Crippen LogP contribution is 2.61. The summed E-state index contributed by atoms with van der Waals surface area (Å²) in [5, 5.41) is 11.3.